The van der Waals surface area contributed by atoms with Crippen molar-refractivity contribution in [3.05, 3.63) is 98.5 Å². The van der Waals surface area contributed by atoms with Crippen LogP contribution in [0.3, 0.4) is 0 Å². The molecule has 2 amide bonds. The first-order valence-electron chi connectivity index (χ1n) is 9.97. The molecule has 0 saturated carbocycles. The van der Waals surface area contributed by atoms with Crippen molar-refractivity contribution in [1.29, 1.82) is 0 Å². The summed E-state index contributed by atoms with van der Waals surface area (Å²) in [6, 6.07) is 15.6. The summed E-state index contributed by atoms with van der Waals surface area (Å²) in [4.78, 5) is 52.0. The fraction of sp³-hybridized carbons (Fsp3) is 0.120. The molecule has 1 atom stereocenters. The van der Waals surface area contributed by atoms with E-state index >= 15 is 0 Å². The lowest BCUT2D eigenvalue weighted by molar-refractivity contribution is 0.0318. The minimum absolute atomic E-state index is 0.0306. The highest BCUT2D eigenvalue weighted by Gasteiger charge is 2.38. The summed E-state index contributed by atoms with van der Waals surface area (Å²) in [6.45, 7) is 3.38. The van der Waals surface area contributed by atoms with Gasteiger partial charge in [-0.2, -0.15) is 0 Å². The molecule has 8 heteroatoms. The Morgan fingerprint density at radius 1 is 0.879 bits per heavy atom. The zero-order valence-electron chi connectivity index (χ0n) is 17.6. The average Bonchev–Trinajstić information content (AvgIpc) is 3.05. The lowest BCUT2D eigenvalue weighted by atomic mass is 10.0. The van der Waals surface area contributed by atoms with Crippen molar-refractivity contribution >= 4 is 52.5 Å². The van der Waals surface area contributed by atoms with Gasteiger partial charge in [0, 0.05) is 5.56 Å². The van der Waals surface area contributed by atoms with Crippen LogP contribution in [0.2, 0.25) is 10.0 Å². The molecule has 0 saturated heterocycles. The molecule has 0 unspecified atom stereocenters. The molecule has 4 rings (SSSR count). The highest BCUT2D eigenvalue weighted by Crippen LogP contribution is 2.37. The van der Waals surface area contributed by atoms with Crippen LogP contribution in [0, 0.1) is 6.92 Å². The minimum atomic E-state index is -1.03. The number of esters is 1. The second-order valence-electron chi connectivity index (χ2n) is 7.56. The summed E-state index contributed by atoms with van der Waals surface area (Å²) >= 11 is 12.2. The molecule has 1 aliphatic heterocycles. The van der Waals surface area contributed by atoms with E-state index < -0.39 is 23.9 Å². The van der Waals surface area contributed by atoms with Gasteiger partial charge in [-0.15, -0.1) is 0 Å². The number of hydrogen-bond acceptors (Lipinski definition) is 5. The third kappa shape index (κ3) is 4.15. The van der Waals surface area contributed by atoms with Crippen LogP contribution >= 0.6 is 23.2 Å². The molecule has 0 N–H and O–H groups in total. The van der Waals surface area contributed by atoms with Crippen LogP contribution in [0.15, 0.2) is 60.7 Å². The number of halogens is 2. The first kappa shape index (κ1) is 22.7. The standard InChI is InChI=1S/C25H17Cl2NO5/c1-13-6-8-15(9-7-13)22(29)14(2)33-25(32)16-10-11-17-18(12-16)24(31)28(23(17)30)20-5-3-4-19(26)21(20)27/h3-12,14H,1-2H3/t14-/m0/s1. The first-order valence-corrected chi connectivity index (χ1v) is 10.7. The number of carbonyl (C=O) groups is 4. The van der Waals surface area contributed by atoms with Crippen LogP contribution < -0.4 is 4.90 Å². The van der Waals surface area contributed by atoms with E-state index in [1.54, 1.807) is 36.4 Å². The molecular formula is C25H17Cl2NO5. The maximum atomic E-state index is 13.0. The molecule has 1 aliphatic rings. The first-order chi connectivity index (χ1) is 15.7. The normalized spacial score (nSPS) is 13.6. The van der Waals surface area contributed by atoms with Gasteiger partial charge in [-0.25, -0.2) is 9.69 Å². The van der Waals surface area contributed by atoms with Crippen molar-refractivity contribution in [3.63, 3.8) is 0 Å². The molecule has 0 aromatic heterocycles. The number of ether oxygens (including phenoxy) is 1. The van der Waals surface area contributed by atoms with E-state index in [1.807, 2.05) is 6.92 Å². The Bertz CT molecular complexity index is 1320. The van der Waals surface area contributed by atoms with Gasteiger partial charge in [0.25, 0.3) is 11.8 Å². The van der Waals surface area contributed by atoms with E-state index in [-0.39, 0.29) is 38.2 Å². The molecule has 166 valence electrons. The number of rotatable bonds is 5. The van der Waals surface area contributed by atoms with E-state index in [1.165, 1.54) is 31.2 Å². The molecule has 1 heterocycles. The van der Waals surface area contributed by atoms with E-state index in [4.69, 9.17) is 27.9 Å². The van der Waals surface area contributed by atoms with Gasteiger partial charge in [0.2, 0.25) is 5.78 Å². The van der Waals surface area contributed by atoms with Crippen molar-refractivity contribution in [2.45, 2.75) is 20.0 Å². The van der Waals surface area contributed by atoms with Crippen LogP contribution in [-0.2, 0) is 4.74 Å². The lowest BCUT2D eigenvalue weighted by Crippen LogP contribution is -2.29. The SMILES string of the molecule is Cc1ccc(C(=O)[C@H](C)OC(=O)c2ccc3c(c2)C(=O)N(c2cccc(Cl)c2Cl)C3=O)cc1. The number of amides is 2. The van der Waals surface area contributed by atoms with Crippen molar-refractivity contribution in [3.8, 4) is 0 Å². The van der Waals surface area contributed by atoms with Crippen LogP contribution in [0.1, 0.15) is 53.9 Å². The number of anilines is 1. The van der Waals surface area contributed by atoms with Gasteiger partial charge in [-0.05, 0) is 44.2 Å². The number of nitrogens with zero attached hydrogens (tertiary/aromatic N) is 1. The third-order valence-electron chi connectivity index (χ3n) is 5.28. The number of imide groups is 1. The van der Waals surface area contributed by atoms with Crippen molar-refractivity contribution in [2.75, 3.05) is 4.90 Å². The van der Waals surface area contributed by atoms with E-state index in [0.29, 0.717) is 5.56 Å². The number of carbonyl (C=O) groups excluding carboxylic acids is 4. The molecular weight excluding hydrogens is 465 g/mol. The van der Waals surface area contributed by atoms with Crippen LogP contribution in [0.5, 0.6) is 0 Å². The Morgan fingerprint density at radius 2 is 1.52 bits per heavy atom. The van der Waals surface area contributed by atoms with Crippen LogP contribution in [-0.4, -0.2) is 29.7 Å². The third-order valence-corrected chi connectivity index (χ3v) is 6.09. The monoisotopic (exact) mass is 481 g/mol. The number of hydrogen-bond donors (Lipinski definition) is 0. The molecule has 0 bridgehead atoms. The summed E-state index contributed by atoms with van der Waals surface area (Å²) in [5, 5.41) is 0.263. The number of fused-ring (bicyclic) bond motifs is 1. The average molecular weight is 482 g/mol. The molecule has 3 aromatic carbocycles. The van der Waals surface area contributed by atoms with Crippen LogP contribution in [0.25, 0.3) is 0 Å². The van der Waals surface area contributed by atoms with Gasteiger partial charge in [0.15, 0.2) is 6.10 Å². The predicted octanol–water partition coefficient (Wildman–Crippen LogP) is 5.53. The highest BCUT2D eigenvalue weighted by molar-refractivity contribution is 6.46. The van der Waals surface area contributed by atoms with Crippen molar-refractivity contribution in [2.24, 2.45) is 0 Å². The Kier molecular flexibility index (Phi) is 6.06. The molecule has 0 spiro atoms. The number of aryl methyl sites for hydroxylation is 1. The second kappa shape index (κ2) is 8.81. The van der Waals surface area contributed by atoms with Gasteiger partial charge in [0.1, 0.15) is 0 Å². The minimum Gasteiger partial charge on any atom is -0.451 e. The quantitative estimate of drug-likeness (QED) is 0.271. The summed E-state index contributed by atoms with van der Waals surface area (Å²) < 4.78 is 5.31. The lowest BCUT2D eigenvalue weighted by Gasteiger charge is -2.15. The highest BCUT2D eigenvalue weighted by atomic mass is 35.5. The topological polar surface area (TPSA) is 80.8 Å². The Labute approximate surface area is 199 Å². The van der Waals surface area contributed by atoms with Crippen molar-refractivity contribution < 1.29 is 23.9 Å². The van der Waals surface area contributed by atoms with E-state index in [2.05, 4.69) is 0 Å². The molecule has 3 aromatic rings. The Hall–Kier alpha value is -3.48. The second-order valence-corrected chi connectivity index (χ2v) is 8.34. The fourth-order valence-corrected chi connectivity index (χ4v) is 3.87. The van der Waals surface area contributed by atoms with E-state index in [0.717, 1.165) is 10.5 Å². The predicted molar refractivity (Wildman–Crippen MR) is 124 cm³/mol. The summed E-state index contributed by atoms with van der Waals surface area (Å²) in [5.41, 5.74) is 1.76. The Balaban J connectivity index is 1.56. The zero-order chi connectivity index (χ0) is 23.9. The Morgan fingerprint density at radius 3 is 2.21 bits per heavy atom. The van der Waals surface area contributed by atoms with Gasteiger partial charge >= 0.3 is 5.97 Å². The summed E-state index contributed by atoms with van der Waals surface area (Å²) in [7, 11) is 0. The zero-order valence-corrected chi connectivity index (χ0v) is 19.1. The smallest absolute Gasteiger partial charge is 0.338 e. The number of benzene rings is 3. The summed E-state index contributed by atoms with van der Waals surface area (Å²) in [6.07, 6.45) is -1.03. The maximum absolute atomic E-state index is 13.0. The number of ketones is 1. The fourth-order valence-electron chi connectivity index (χ4n) is 3.49. The van der Waals surface area contributed by atoms with Crippen molar-refractivity contribution in [1.82, 2.24) is 0 Å². The summed E-state index contributed by atoms with van der Waals surface area (Å²) in [5.74, 6) is -2.36. The molecule has 0 aliphatic carbocycles. The van der Waals surface area contributed by atoms with Crippen LogP contribution in [0.4, 0.5) is 5.69 Å². The van der Waals surface area contributed by atoms with Gasteiger partial charge in [-0.1, -0.05) is 59.1 Å². The maximum Gasteiger partial charge on any atom is 0.338 e. The largest absolute Gasteiger partial charge is 0.451 e. The van der Waals surface area contributed by atoms with E-state index in [9.17, 15) is 19.2 Å². The number of Topliss-reactive ketones (excluding diaryl/α,β-unsaturated/α-hetero) is 1. The molecule has 6 nitrogen and oxygen atoms in total. The molecule has 0 radical (unpaired) electrons. The van der Waals surface area contributed by atoms with Gasteiger partial charge < -0.3 is 4.74 Å². The van der Waals surface area contributed by atoms with Gasteiger partial charge in [0.05, 0.1) is 32.4 Å². The molecule has 0 fully saturated rings. The van der Waals surface area contributed by atoms with Gasteiger partial charge in [-0.3, -0.25) is 14.4 Å². The molecule has 33 heavy (non-hydrogen) atoms.